The van der Waals surface area contributed by atoms with Crippen LogP contribution in [0.2, 0.25) is 0 Å². The molecule has 0 aliphatic heterocycles. The minimum Gasteiger partial charge on any atom is -0.308 e. The van der Waals surface area contributed by atoms with Gasteiger partial charge in [0.2, 0.25) is 0 Å². The molecule has 4 nitrogen and oxygen atoms in total. The largest absolute Gasteiger partial charge is 0.308 e. The number of rotatable bonds is 2. The smallest absolute Gasteiger partial charge is 0.143 e. The van der Waals surface area contributed by atoms with E-state index in [0.29, 0.717) is 11.3 Å². The summed E-state index contributed by atoms with van der Waals surface area (Å²) in [4.78, 5) is 9.10. The number of aromatic nitrogens is 2. The van der Waals surface area contributed by atoms with Crippen molar-refractivity contribution in [1.29, 1.82) is 0 Å². The van der Waals surface area contributed by atoms with Crippen LogP contribution in [0.3, 0.4) is 0 Å². The number of anilines is 1. The average Bonchev–Trinajstić information content (AvgIpc) is 2.37. The molecule has 106 valence electrons. The lowest BCUT2D eigenvalue weighted by molar-refractivity contribution is 0.167. The van der Waals surface area contributed by atoms with Crippen LogP contribution in [-0.4, -0.2) is 9.97 Å². The van der Waals surface area contributed by atoms with Crippen LogP contribution in [-0.2, 0) is 0 Å². The van der Waals surface area contributed by atoms with E-state index in [1.807, 2.05) is 13.0 Å². The highest BCUT2D eigenvalue weighted by Crippen LogP contribution is 2.42. The van der Waals surface area contributed by atoms with E-state index in [1.54, 1.807) is 0 Å². The first kappa shape index (κ1) is 14.3. The van der Waals surface area contributed by atoms with E-state index in [2.05, 4.69) is 36.2 Å². The van der Waals surface area contributed by atoms with Gasteiger partial charge in [-0.15, -0.1) is 0 Å². The summed E-state index contributed by atoms with van der Waals surface area (Å²) >= 11 is 0. The first-order chi connectivity index (χ1) is 8.90. The highest BCUT2D eigenvalue weighted by Gasteiger charge is 2.31. The molecule has 1 heterocycles. The van der Waals surface area contributed by atoms with Crippen LogP contribution in [0.4, 0.5) is 5.82 Å². The second kappa shape index (κ2) is 5.45. The number of nitrogens with zero attached hydrogens (tertiary/aromatic N) is 2. The molecule has 0 aromatic carbocycles. The molecular formula is C15H26N4. The minimum absolute atomic E-state index is 0.419. The number of nitrogen functional groups attached to an aromatic ring is 1. The van der Waals surface area contributed by atoms with Gasteiger partial charge in [-0.2, -0.15) is 0 Å². The van der Waals surface area contributed by atoms with E-state index in [9.17, 15) is 0 Å². The molecule has 0 unspecified atom stereocenters. The molecule has 0 bridgehead atoms. The van der Waals surface area contributed by atoms with Crippen LogP contribution in [0.25, 0.3) is 0 Å². The fourth-order valence-corrected chi connectivity index (χ4v) is 3.07. The van der Waals surface area contributed by atoms with E-state index in [4.69, 9.17) is 5.84 Å². The van der Waals surface area contributed by atoms with Gasteiger partial charge in [0.25, 0.3) is 0 Å². The maximum absolute atomic E-state index is 5.46. The van der Waals surface area contributed by atoms with E-state index in [-0.39, 0.29) is 0 Å². The van der Waals surface area contributed by atoms with Crippen molar-refractivity contribution < 1.29 is 0 Å². The molecule has 1 aliphatic carbocycles. The normalized spacial score (nSPS) is 24.3. The number of nitrogens with two attached hydrogens (primary N) is 1. The summed E-state index contributed by atoms with van der Waals surface area (Å²) in [7, 11) is 0. The monoisotopic (exact) mass is 262 g/mol. The Kier molecular flexibility index (Phi) is 4.09. The highest BCUT2D eigenvalue weighted by molar-refractivity contribution is 5.34. The van der Waals surface area contributed by atoms with Crippen molar-refractivity contribution >= 4 is 5.82 Å². The molecule has 0 saturated heterocycles. The SMILES string of the molecule is Cc1cc(NN)nc(C2CCC(C(C)(C)C)CC2)n1. The molecule has 0 amide bonds. The van der Waals surface area contributed by atoms with Crippen LogP contribution >= 0.6 is 0 Å². The van der Waals surface area contributed by atoms with Gasteiger partial charge in [0.15, 0.2) is 0 Å². The van der Waals surface area contributed by atoms with E-state index < -0.39 is 0 Å². The maximum Gasteiger partial charge on any atom is 0.143 e. The number of hydrogen-bond acceptors (Lipinski definition) is 4. The fourth-order valence-electron chi connectivity index (χ4n) is 3.07. The summed E-state index contributed by atoms with van der Waals surface area (Å²) in [6.07, 6.45) is 4.93. The number of hydrogen-bond donors (Lipinski definition) is 2. The molecule has 19 heavy (non-hydrogen) atoms. The molecular weight excluding hydrogens is 236 g/mol. The quantitative estimate of drug-likeness (QED) is 0.633. The van der Waals surface area contributed by atoms with Crippen molar-refractivity contribution in [2.45, 2.75) is 59.3 Å². The van der Waals surface area contributed by atoms with Crippen molar-refractivity contribution in [2.75, 3.05) is 5.43 Å². The number of aryl methyl sites for hydroxylation is 1. The van der Waals surface area contributed by atoms with Gasteiger partial charge in [0.05, 0.1) is 0 Å². The van der Waals surface area contributed by atoms with E-state index in [0.717, 1.165) is 23.3 Å². The van der Waals surface area contributed by atoms with Gasteiger partial charge in [0, 0.05) is 17.7 Å². The van der Waals surface area contributed by atoms with Crippen LogP contribution in [0, 0.1) is 18.3 Å². The van der Waals surface area contributed by atoms with Crippen molar-refractivity contribution in [2.24, 2.45) is 17.2 Å². The summed E-state index contributed by atoms with van der Waals surface area (Å²) in [5, 5.41) is 0. The fraction of sp³-hybridized carbons (Fsp3) is 0.733. The molecule has 2 rings (SSSR count). The minimum atomic E-state index is 0.419. The molecule has 4 heteroatoms. The van der Waals surface area contributed by atoms with Gasteiger partial charge in [0.1, 0.15) is 11.6 Å². The van der Waals surface area contributed by atoms with E-state index in [1.165, 1.54) is 25.7 Å². The van der Waals surface area contributed by atoms with Crippen LogP contribution in [0.1, 0.15) is 63.9 Å². The molecule has 1 saturated carbocycles. The Morgan fingerprint density at radius 3 is 2.32 bits per heavy atom. The lowest BCUT2D eigenvalue weighted by Gasteiger charge is -2.36. The van der Waals surface area contributed by atoms with Gasteiger partial charge in [-0.05, 0) is 43.9 Å². The van der Waals surface area contributed by atoms with Crippen molar-refractivity contribution in [3.63, 3.8) is 0 Å². The zero-order valence-electron chi connectivity index (χ0n) is 12.5. The molecule has 1 fully saturated rings. The first-order valence-corrected chi connectivity index (χ1v) is 7.22. The van der Waals surface area contributed by atoms with Crippen molar-refractivity contribution in [3.05, 3.63) is 17.6 Å². The van der Waals surface area contributed by atoms with Gasteiger partial charge >= 0.3 is 0 Å². The first-order valence-electron chi connectivity index (χ1n) is 7.22. The number of nitrogens with one attached hydrogen (secondary N) is 1. The third-order valence-electron chi connectivity index (χ3n) is 4.34. The summed E-state index contributed by atoms with van der Waals surface area (Å²) in [6, 6.07) is 1.88. The van der Waals surface area contributed by atoms with E-state index >= 15 is 0 Å². The van der Waals surface area contributed by atoms with Gasteiger partial charge < -0.3 is 5.43 Å². The molecule has 3 N–H and O–H groups in total. The predicted octanol–water partition coefficient (Wildman–Crippen LogP) is 3.39. The van der Waals surface area contributed by atoms with Crippen LogP contribution < -0.4 is 11.3 Å². The summed E-state index contributed by atoms with van der Waals surface area (Å²) in [6.45, 7) is 9.03. The molecule has 1 aromatic heterocycles. The standard InChI is InChI=1S/C15H26N4/c1-10-9-13(19-16)18-14(17-10)11-5-7-12(8-6-11)15(2,3)4/h9,11-12H,5-8,16H2,1-4H3,(H,17,18,19). The molecule has 0 radical (unpaired) electrons. The zero-order chi connectivity index (χ0) is 14.0. The molecule has 1 aliphatic rings. The lowest BCUT2D eigenvalue weighted by Crippen LogP contribution is -2.26. The Labute approximate surface area is 116 Å². The summed E-state index contributed by atoms with van der Waals surface area (Å²) in [5.74, 6) is 8.45. The molecule has 0 spiro atoms. The van der Waals surface area contributed by atoms with Crippen molar-refractivity contribution in [3.8, 4) is 0 Å². The number of hydrazine groups is 1. The van der Waals surface area contributed by atoms with Gasteiger partial charge in [-0.25, -0.2) is 15.8 Å². The zero-order valence-corrected chi connectivity index (χ0v) is 12.5. The Bertz CT molecular complexity index is 428. The second-order valence-electron chi connectivity index (χ2n) is 6.81. The van der Waals surface area contributed by atoms with Crippen LogP contribution in [0.15, 0.2) is 6.07 Å². The Morgan fingerprint density at radius 1 is 1.16 bits per heavy atom. The summed E-state index contributed by atoms with van der Waals surface area (Å²) in [5.41, 5.74) is 4.03. The van der Waals surface area contributed by atoms with Crippen molar-refractivity contribution in [1.82, 2.24) is 9.97 Å². The summed E-state index contributed by atoms with van der Waals surface area (Å²) < 4.78 is 0. The van der Waals surface area contributed by atoms with Gasteiger partial charge in [-0.3, -0.25) is 0 Å². The molecule has 1 aromatic rings. The maximum atomic E-state index is 5.46. The molecule has 0 atom stereocenters. The third-order valence-corrected chi connectivity index (χ3v) is 4.34. The highest BCUT2D eigenvalue weighted by atomic mass is 15.3. The topological polar surface area (TPSA) is 63.8 Å². The lowest BCUT2D eigenvalue weighted by atomic mass is 9.69. The Balaban J connectivity index is 2.07. The Morgan fingerprint density at radius 2 is 1.79 bits per heavy atom. The average molecular weight is 262 g/mol. The van der Waals surface area contributed by atoms with Gasteiger partial charge in [-0.1, -0.05) is 20.8 Å². The Hall–Kier alpha value is -1.16. The third kappa shape index (κ3) is 3.44. The second-order valence-corrected chi connectivity index (χ2v) is 6.81. The predicted molar refractivity (Wildman–Crippen MR) is 78.7 cm³/mol. The van der Waals surface area contributed by atoms with Crippen LogP contribution in [0.5, 0.6) is 0 Å².